The molecule has 1 spiro atoms. The van der Waals surface area contributed by atoms with E-state index in [2.05, 4.69) is 16.4 Å². The number of aromatic nitrogens is 1. The molecule has 3 aromatic rings. The number of aryl methyl sites for hydroxylation is 1. The summed E-state index contributed by atoms with van der Waals surface area (Å²) in [6.45, 7) is 1.70. The fourth-order valence-corrected chi connectivity index (χ4v) is 4.77. The fraction of sp³-hybridized carbons (Fsp3) is 0.370. The Morgan fingerprint density at radius 2 is 1.85 bits per heavy atom. The van der Waals surface area contributed by atoms with E-state index in [1.807, 2.05) is 48.5 Å². The molecule has 2 aromatic carbocycles. The molecule has 0 saturated carbocycles. The molecule has 2 aliphatic heterocycles. The normalized spacial score (nSPS) is 21.6. The summed E-state index contributed by atoms with van der Waals surface area (Å²) in [6, 6.07) is 19.4. The number of ether oxygens (including phenoxy) is 2. The van der Waals surface area contributed by atoms with Crippen LogP contribution in [0, 0.1) is 0 Å². The number of morpholine rings is 1. The van der Waals surface area contributed by atoms with Crippen LogP contribution in [-0.4, -0.2) is 60.1 Å². The Bertz CT molecular complexity index is 1200. The van der Waals surface area contributed by atoms with Crippen LogP contribution in [0.5, 0.6) is 5.75 Å². The van der Waals surface area contributed by atoms with Crippen molar-refractivity contribution in [2.75, 3.05) is 32.8 Å². The summed E-state index contributed by atoms with van der Waals surface area (Å²) in [7, 11) is 0. The highest BCUT2D eigenvalue weighted by atomic mass is 16.5. The van der Waals surface area contributed by atoms with Crippen molar-refractivity contribution in [2.45, 2.75) is 31.3 Å². The van der Waals surface area contributed by atoms with Gasteiger partial charge in [0.2, 0.25) is 0 Å². The summed E-state index contributed by atoms with van der Waals surface area (Å²) in [5.41, 5.74) is 1.27. The molecule has 0 bridgehead atoms. The lowest BCUT2D eigenvalue weighted by Gasteiger charge is -2.41. The van der Waals surface area contributed by atoms with Crippen LogP contribution < -0.4 is 10.1 Å². The fourth-order valence-electron chi connectivity index (χ4n) is 4.77. The molecule has 1 atom stereocenters. The lowest BCUT2D eigenvalue weighted by molar-refractivity contribution is -0.159. The quantitative estimate of drug-likeness (QED) is 0.604. The van der Waals surface area contributed by atoms with E-state index in [0.29, 0.717) is 38.4 Å². The number of fused-ring (bicyclic) bond motifs is 2. The van der Waals surface area contributed by atoms with Crippen molar-refractivity contribution in [1.82, 2.24) is 15.2 Å². The minimum Gasteiger partial charge on any atom is -0.491 e. The number of para-hydroxylation sites is 2. The van der Waals surface area contributed by atoms with Gasteiger partial charge in [-0.1, -0.05) is 42.5 Å². The lowest BCUT2D eigenvalue weighted by Crippen LogP contribution is -2.61. The largest absolute Gasteiger partial charge is 0.491 e. The highest BCUT2D eigenvalue weighted by Gasteiger charge is 2.44. The van der Waals surface area contributed by atoms with Crippen molar-refractivity contribution in [1.29, 1.82) is 0 Å². The second kappa shape index (κ2) is 9.81. The summed E-state index contributed by atoms with van der Waals surface area (Å²) in [6.07, 6.45) is 3.13. The second-order valence-corrected chi connectivity index (χ2v) is 8.88. The summed E-state index contributed by atoms with van der Waals surface area (Å²) in [5.74, 6) is 0.513. The number of hydrogen-bond acceptors (Lipinski definition) is 5. The van der Waals surface area contributed by atoms with Crippen LogP contribution in [0.2, 0.25) is 0 Å². The van der Waals surface area contributed by atoms with Crippen LogP contribution in [0.25, 0.3) is 10.9 Å². The number of hydrogen-bond donors (Lipinski definition) is 1. The zero-order chi connectivity index (χ0) is 23.4. The first-order valence-electron chi connectivity index (χ1n) is 11.9. The molecule has 176 valence electrons. The number of nitrogens with zero attached hydrogens (tertiary/aromatic N) is 2. The Balaban J connectivity index is 1.33. The molecule has 7 heteroatoms. The van der Waals surface area contributed by atoms with Gasteiger partial charge >= 0.3 is 0 Å². The van der Waals surface area contributed by atoms with Gasteiger partial charge in [-0.2, -0.15) is 0 Å². The number of carbonyl (C=O) groups is 2. The van der Waals surface area contributed by atoms with Crippen LogP contribution in [0.3, 0.4) is 0 Å². The van der Waals surface area contributed by atoms with E-state index in [1.165, 1.54) is 5.56 Å². The first-order chi connectivity index (χ1) is 16.6. The lowest BCUT2D eigenvalue weighted by atomic mass is 9.91. The monoisotopic (exact) mass is 459 g/mol. The molecule has 34 heavy (non-hydrogen) atoms. The van der Waals surface area contributed by atoms with Gasteiger partial charge < -0.3 is 19.7 Å². The van der Waals surface area contributed by atoms with Gasteiger partial charge in [-0.25, -0.2) is 4.98 Å². The molecule has 0 radical (unpaired) electrons. The van der Waals surface area contributed by atoms with E-state index in [9.17, 15) is 9.59 Å². The predicted octanol–water partition coefficient (Wildman–Crippen LogP) is 3.37. The standard InChI is InChI=1S/C27H29N3O4/c31-25(23-13-12-20-7-1-3-10-22(20)29-23)30-16-18-34-27(19-30)14-6-5-9-21-8-2-4-11-24(21)33-17-15-28-26(27)32/h1-4,7-8,10-13H,5-6,9,14-19H2,(H,28,32). The van der Waals surface area contributed by atoms with E-state index in [1.54, 1.807) is 11.0 Å². The molecule has 1 N–H and O–H groups in total. The minimum atomic E-state index is -1.07. The average Bonchev–Trinajstić information content (AvgIpc) is 2.88. The SMILES string of the molecule is O=C(c1ccc2ccccc2n1)N1CCOC2(CCCCc3ccccc3OCCNC2=O)C1. The van der Waals surface area contributed by atoms with E-state index in [-0.39, 0.29) is 18.4 Å². The van der Waals surface area contributed by atoms with Crippen LogP contribution in [0.1, 0.15) is 35.3 Å². The molecule has 2 amide bonds. The van der Waals surface area contributed by atoms with Crippen molar-refractivity contribution in [3.05, 3.63) is 71.9 Å². The summed E-state index contributed by atoms with van der Waals surface area (Å²) < 4.78 is 12.0. The number of pyridine rings is 1. The highest BCUT2D eigenvalue weighted by molar-refractivity contribution is 5.96. The van der Waals surface area contributed by atoms with E-state index >= 15 is 0 Å². The third-order valence-electron chi connectivity index (χ3n) is 6.60. The smallest absolute Gasteiger partial charge is 0.272 e. The predicted molar refractivity (Wildman–Crippen MR) is 129 cm³/mol. The van der Waals surface area contributed by atoms with E-state index < -0.39 is 5.60 Å². The van der Waals surface area contributed by atoms with Crippen molar-refractivity contribution >= 4 is 22.7 Å². The molecule has 7 nitrogen and oxygen atoms in total. The van der Waals surface area contributed by atoms with Crippen molar-refractivity contribution in [2.24, 2.45) is 0 Å². The molecule has 2 aliphatic rings. The Labute approximate surface area is 199 Å². The molecule has 1 fully saturated rings. The molecule has 0 aliphatic carbocycles. The Hall–Kier alpha value is -3.45. The maximum Gasteiger partial charge on any atom is 0.272 e. The highest BCUT2D eigenvalue weighted by Crippen LogP contribution is 2.28. The van der Waals surface area contributed by atoms with Gasteiger partial charge in [0.1, 0.15) is 18.1 Å². The Morgan fingerprint density at radius 1 is 1.00 bits per heavy atom. The van der Waals surface area contributed by atoms with Crippen molar-refractivity contribution in [3.8, 4) is 5.75 Å². The third kappa shape index (κ3) is 4.61. The van der Waals surface area contributed by atoms with Gasteiger partial charge in [0.15, 0.2) is 5.60 Å². The van der Waals surface area contributed by atoms with Crippen LogP contribution in [0.15, 0.2) is 60.7 Å². The average molecular weight is 460 g/mol. The Morgan fingerprint density at radius 3 is 2.79 bits per heavy atom. The third-order valence-corrected chi connectivity index (χ3v) is 6.60. The Kier molecular flexibility index (Phi) is 6.45. The number of amides is 2. The molecule has 1 unspecified atom stereocenters. The van der Waals surface area contributed by atoms with Gasteiger partial charge in [0, 0.05) is 11.9 Å². The van der Waals surface area contributed by atoms with E-state index in [0.717, 1.165) is 35.9 Å². The molecular formula is C27H29N3O4. The zero-order valence-corrected chi connectivity index (χ0v) is 19.2. The second-order valence-electron chi connectivity index (χ2n) is 8.88. The van der Waals surface area contributed by atoms with Gasteiger partial charge in [0.25, 0.3) is 11.8 Å². The van der Waals surface area contributed by atoms with E-state index in [4.69, 9.17) is 9.47 Å². The van der Waals surface area contributed by atoms with Gasteiger partial charge in [0.05, 0.1) is 25.2 Å². The van der Waals surface area contributed by atoms with Crippen LogP contribution in [0.4, 0.5) is 0 Å². The minimum absolute atomic E-state index is 0.176. The van der Waals surface area contributed by atoms with Crippen LogP contribution in [-0.2, 0) is 16.0 Å². The van der Waals surface area contributed by atoms with Crippen molar-refractivity contribution < 1.29 is 19.1 Å². The molecule has 5 rings (SSSR count). The first kappa shape index (κ1) is 22.3. The van der Waals surface area contributed by atoms with Gasteiger partial charge in [-0.15, -0.1) is 0 Å². The summed E-state index contributed by atoms with van der Waals surface area (Å²) >= 11 is 0. The summed E-state index contributed by atoms with van der Waals surface area (Å²) in [5, 5.41) is 3.96. The number of nitrogens with one attached hydrogen (secondary N) is 1. The molecule has 3 heterocycles. The molecule has 1 aromatic heterocycles. The van der Waals surface area contributed by atoms with Crippen LogP contribution >= 0.6 is 0 Å². The number of benzene rings is 2. The van der Waals surface area contributed by atoms with Crippen molar-refractivity contribution in [3.63, 3.8) is 0 Å². The molecule has 1 saturated heterocycles. The maximum atomic E-state index is 13.3. The molecular weight excluding hydrogens is 430 g/mol. The zero-order valence-electron chi connectivity index (χ0n) is 19.2. The first-order valence-corrected chi connectivity index (χ1v) is 11.9. The number of carbonyl (C=O) groups excluding carboxylic acids is 2. The van der Waals surface area contributed by atoms with Gasteiger partial charge in [-0.05, 0) is 49.4 Å². The topological polar surface area (TPSA) is 80.8 Å². The summed E-state index contributed by atoms with van der Waals surface area (Å²) in [4.78, 5) is 32.9. The van der Waals surface area contributed by atoms with Gasteiger partial charge in [-0.3, -0.25) is 9.59 Å². The maximum absolute atomic E-state index is 13.3. The number of rotatable bonds is 1.